The van der Waals surface area contributed by atoms with Crippen molar-refractivity contribution < 1.29 is 9.53 Å². The molecule has 0 spiro atoms. The zero-order valence-corrected chi connectivity index (χ0v) is 12.7. The van der Waals surface area contributed by atoms with Crippen LogP contribution in [0.4, 0.5) is 0 Å². The number of benzene rings is 1. The molecule has 3 rings (SSSR count). The van der Waals surface area contributed by atoms with E-state index in [1.165, 1.54) is 30.4 Å². The molecular weight excluding hydrogens is 262 g/mol. The summed E-state index contributed by atoms with van der Waals surface area (Å²) < 4.78 is 5.51. The van der Waals surface area contributed by atoms with E-state index in [4.69, 9.17) is 10.5 Å². The predicted molar refractivity (Wildman–Crippen MR) is 83.6 cm³/mol. The van der Waals surface area contributed by atoms with E-state index in [0.29, 0.717) is 18.6 Å². The average Bonchev–Trinajstić information content (AvgIpc) is 2.93. The van der Waals surface area contributed by atoms with E-state index in [1.54, 1.807) is 0 Å². The van der Waals surface area contributed by atoms with E-state index in [1.807, 2.05) is 6.07 Å². The SMILES string of the molecule is NC1(CC(=O)CCc2ccc3c(c2)CCO3)CCCCC1. The number of ether oxygens (including phenoxy) is 1. The highest BCUT2D eigenvalue weighted by molar-refractivity contribution is 5.79. The van der Waals surface area contributed by atoms with Crippen LogP contribution in [0.3, 0.4) is 0 Å². The molecular formula is C18H25NO2. The normalized spacial score (nSPS) is 19.9. The van der Waals surface area contributed by atoms with Gasteiger partial charge in [0.05, 0.1) is 6.61 Å². The number of rotatable bonds is 5. The van der Waals surface area contributed by atoms with Crippen molar-refractivity contribution in [3.05, 3.63) is 29.3 Å². The number of hydrogen-bond donors (Lipinski definition) is 1. The molecule has 1 heterocycles. The first-order valence-electron chi connectivity index (χ1n) is 8.20. The lowest BCUT2D eigenvalue weighted by Crippen LogP contribution is -2.43. The molecule has 1 fully saturated rings. The summed E-state index contributed by atoms with van der Waals surface area (Å²) in [6.45, 7) is 0.785. The van der Waals surface area contributed by atoms with E-state index in [9.17, 15) is 4.79 Å². The summed E-state index contributed by atoms with van der Waals surface area (Å²) in [6.07, 6.45) is 8.61. The summed E-state index contributed by atoms with van der Waals surface area (Å²) in [6, 6.07) is 6.30. The quantitative estimate of drug-likeness (QED) is 0.905. The van der Waals surface area contributed by atoms with Gasteiger partial charge in [0.25, 0.3) is 0 Å². The Bertz CT molecular complexity index is 518. The second-order valence-corrected chi connectivity index (χ2v) is 6.68. The molecule has 21 heavy (non-hydrogen) atoms. The third-order valence-corrected chi connectivity index (χ3v) is 4.84. The van der Waals surface area contributed by atoms with Crippen LogP contribution in [0.15, 0.2) is 18.2 Å². The first kappa shape index (κ1) is 14.6. The van der Waals surface area contributed by atoms with Crippen molar-refractivity contribution in [1.82, 2.24) is 0 Å². The molecule has 1 aromatic rings. The lowest BCUT2D eigenvalue weighted by molar-refractivity contribution is -0.120. The molecule has 3 heteroatoms. The van der Waals surface area contributed by atoms with Crippen LogP contribution in [0.25, 0.3) is 0 Å². The fourth-order valence-electron chi connectivity index (χ4n) is 3.59. The molecule has 0 atom stereocenters. The van der Waals surface area contributed by atoms with Crippen molar-refractivity contribution >= 4 is 5.78 Å². The molecule has 0 saturated heterocycles. The molecule has 114 valence electrons. The topological polar surface area (TPSA) is 52.3 Å². The number of nitrogens with two attached hydrogens (primary N) is 1. The largest absolute Gasteiger partial charge is 0.493 e. The van der Waals surface area contributed by atoms with Gasteiger partial charge in [-0.05, 0) is 36.5 Å². The maximum Gasteiger partial charge on any atom is 0.135 e. The van der Waals surface area contributed by atoms with Crippen LogP contribution in [0, 0.1) is 0 Å². The van der Waals surface area contributed by atoms with Crippen LogP contribution in [-0.4, -0.2) is 17.9 Å². The van der Waals surface area contributed by atoms with Crippen LogP contribution in [0.5, 0.6) is 5.75 Å². The molecule has 1 aliphatic carbocycles. The molecule has 1 aliphatic heterocycles. The van der Waals surface area contributed by atoms with Crippen LogP contribution >= 0.6 is 0 Å². The maximum atomic E-state index is 12.2. The van der Waals surface area contributed by atoms with Crippen molar-refractivity contribution in [3.8, 4) is 5.75 Å². The van der Waals surface area contributed by atoms with Crippen molar-refractivity contribution in [2.75, 3.05) is 6.61 Å². The molecule has 2 N–H and O–H groups in total. The minimum atomic E-state index is -0.221. The standard InChI is InChI=1S/C18H25NO2/c19-18(9-2-1-3-10-18)13-16(20)6-4-14-5-7-17-15(12-14)8-11-21-17/h5,7,12H,1-4,6,8-11,13,19H2. The number of Topliss-reactive ketones (excluding diaryl/α,β-unsaturated/α-hetero) is 1. The minimum absolute atomic E-state index is 0.221. The Labute approximate surface area is 126 Å². The van der Waals surface area contributed by atoms with Gasteiger partial charge in [0, 0.05) is 24.8 Å². The molecule has 1 aromatic carbocycles. The lowest BCUT2D eigenvalue weighted by Gasteiger charge is -2.32. The molecule has 2 aliphatic rings. The van der Waals surface area contributed by atoms with E-state index in [0.717, 1.165) is 38.0 Å². The Balaban J connectivity index is 1.51. The van der Waals surface area contributed by atoms with Gasteiger partial charge in [0.2, 0.25) is 0 Å². The van der Waals surface area contributed by atoms with Gasteiger partial charge in [0.1, 0.15) is 11.5 Å². The Kier molecular flexibility index (Phi) is 4.29. The molecule has 0 radical (unpaired) electrons. The fraction of sp³-hybridized carbons (Fsp3) is 0.611. The van der Waals surface area contributed by atoms with Crippen molar-refractivity contribution in [2.24, 2.45) is 5.73 Å². The van der Waals surface area contributed by atoms with Gasteiger partial charge in [-0.3, -0.25) is 4.79 Å². The van der Waals surface area contributed by atoms with Crippen LogP contribution in [-0.2, 0) is 17.6 Å². The maximum absolute atomic E-state index is 12.2. The first-order valence-corrected chi connectivity index (χ1v) is 8.20. The molecule has 0 unspecified atom stereocenters. The highest BCUT2D eigenvalue weighted by Gasteiger charge is 2.29. The van der Waals surface area contributed by atoms with Gasteiger partial charge in [-0.25, -0.2) is 0 Å². The summed E-state index contributed by atoms with van der Waals surface area (Å²) in [4.78, 5) is 12.2. The molecule has 0 bridgehead atoms. The third-order valence-electron chi connectivity index (χ3n) is 4.84. The van der Waals surface area contributed by atoms with Crippen LogP contribution in [0.2, 0.25) is 0 Å². The van der Waals surface area contributed by atoms with Gasteiger partial charge < -0.3 is 10.5 Å². The van der Waals surface area contributed by atoms with E-state index in [-0.39, 0.29) is 5.54 Å². The highest BCUT2D eigenvalue weighted by atomic mass is 16.5. The smallest absolute Gasteiger partial charge is 0.135 e. The first-order chi connectivity index (χ1) is 10.1. The van der Waals surface area contributed by atoms with Crippen molar-refractivity contribution in [2.45, 2.75) is 63.3 Å². The van der Waals surface area contributed by atoms with Gasteiger partial charge in [0.15, 0.2) is 0 Å². The van der Waals surface area contributed by atoms with Crippen molar-refractivity contribution in [3.63, 3.8) is 0 Å². The summed E-state index contributed by atoms with van der Waals surface area (Å²) in [5, 5.41) is 0. The number of hydrogen-bond acceptors (Lipinski definition) is 3. The highest BCUT2D eigenvalue weighted by Crippen LogP contribution is 2.30. The number of fused-ring (bicyclic) bond motifs is 1. The molecule has 3 nitrogen and oxygen atoms in total. The zero-order chi connectivity index (χ0) is 14.7. The Morgan fingerprint density at radius 3 is 2.86 bits per heavy atom. The van der Waals surface area contributed by atoms with E-state index in [2.05, 4.69) is 12.1 Å². The molecule has 1 saturated carbocycles. The van der Waals surface area contributed by atoms with Crippen molar-refractivity contribution in [1.29, 1.82) is 0 Å². The second kappa shape index (κ2) is 6.18. The van der Waals surface area contributed by atoms with Gasteiger partial charge in [-0.2, -0.15) is 0 Å². The second-order valence-electron chi connectivity index (χ2n) is 6.68. The number of aryl methyl sites for hydroxylation is 1. The van der Waals surface area contributed by atoms with Gasteiger partial charge >= 0.3 is 0 Å². The number of ketones is 1. The summed E-state index contributed by atoms with van der Waals surface area (Å²) in [7, 11) is 0. The molecule has 0 amide bonds. The fourth-order valence-corrected chi connectivity index (χ4v) is 3.59. The van der Waals surface area contributed by atoms with E-state index >= 15 is 0 Å². The summed E-state index contributed by atoms with van der Waals surface area (Å²) in [5.41, 5.74) is 8.66. The van der Waals surface area contributed by atoms with Gasteiger partial charge in [-0.1, -0.05) is 31.4 Å². The number of carbonyl (C=O) groups is 1. The Hall–Kier alpha value is -1.35. The summed E-state index contributed by atoms with van der Waals surface area (Å²) >= 11 is 0. The Morgan fingerprint density at radius 1 is 1.24 bits per heavy atom. The predicted octanol–water partition coefficient (Wildman–Crippen LogP) is 3.17. The number of carbonyl (C=O) groups excluding carboxylic acids is 1. The average molecular weight is 287 g/mol. The van der Waals surface area contributed by atoms with Gasteiger partial charge in [-0.15, -0.1) is 0 Å². The Morgan fingerprint density at radius 2 is 2.05 bits per heavy atom. The lowest BCUT2D eigenvalue weighted by atomic mass is 9.78. The minimum Gasteiger partial charge on any atom is -0.493 e. The van der Waals surface area contributed by atoms with Crippen LogP contribution in [0.1, 0.15) is 56.1 Å². The zero-order valence-electron chi connectivity index (χ0n) is 12.7. The van der Waals surface area contributed by atoms with E-state index < -0.39 is 0 Å². The third kappa shape index (κ3) is 3.65. The summed E-state index contributed by atoms with van der Waals surface area (Å²) in [5.74, 6) is 1.32. The van der Waals surface area contributed by atoms with Crippen LogP contribution < -0.4 is 10.5 Å². The molecule has 0 aromatic heterocycles. The monoisotopic (exact) mass is 287 g/mol.